The van der Waals surface area contributed by atoms with Gasteiger partial charge in [0.15, 0.2) is 5.96 Å². The van der Waals surface area contributed by atoms with Crippen LogP contribution in [0.1, 0.15) is 18.4 Å². The maximum Gasteiger partial charge on any atom is 0.227 e. The first-order chi connectivity index (χ1) is 13.2. The van der Waals surface area contributed by atoms with Crippen LogP contribution in [0.15, 0.2) is 53.7 Å². The van der Waals surface area contributed by atoms with Crippen LogP contribution in [0.2, 0.25) is 0 Å². The van der Waals surface area contributed by atoms with Crippen LogP contribution in [0.4, 0.5) is 5.82 Å². The molecule has 1 aromatic carbocycles. The van der Waals surface area contributed by atoms with Gasteiger partial charge in [0.25, 0.3) is 0 Å². The average Bonchev–Trinajstić information content (AvgIpc) is 2.69. The molecule has 2 rings (SSSR count). The average molecular weight is 497 g/mol. The molecule has 7 nitrogen and oxygen atoms in total. The Morgan fingerprint density at radius 1 is 1.11 bits per heavy atom. The number of benzene rings is 1. The van der Waals surface area contributed by atoms with E-state index >= 15 is 0 Å². The summed E-state index contributed by atoms with van der Waals surface area (Å²) in [5, 5.41) is 9.09. The minimum Gasteiger partial charge on any atom is -0.494 e. The Hall–Kier alpha value is -2.36. The van der Waals surface area contributed by atoms with Crippen molar-refractivity contribution in [2.24, 2.45) is 4.99 Å². The van der Waals surface area contributed by atoms with E-state index in [1.807, 2.05) is 43.3 Å². The van der Waals surface area contributed by atoms with Gasteiger partial charge in [0.2, 0.25) is 5.91 Å². The summed E-state index contributed by atoms with van der Waals surface area (Å²) in [5.41, 5.74) is 1.05. The van der Waals surface area contributed by atoms with Crippen LogP contribution in [0, 0.1) is 6.92 Å². The third-order valence-corrected chi connectivity index (χ3v) is 3.67. The molecule has 152 valence electrons. The summed E-state index contributed by atoms with van der Waals surface area (Å²) >= 11 is 0. The molecule has 8 heteroatoms. The van der Waals surface area contributed by atoms with Gasteiger partial charge in [-0.25, -0.2) is 4.98 Å². The minimum atomic E-state index is -0.0921. The van der Waals surface area contributed by atoms with E-state index in [9.17, 15) is 4.79 Å². The van der Waals surface area contributed by atoms with E-state index in [0.29, 0.717) is 31.3 Å². The fourth-order valence-corrected chi connectivity index (χ4v) is 2.25. The van der Waals surface area contributed by atoms with Gasteiger partial charge >= 0.3 is 0 Å². The minimum absolute atomic E-state index is 0. The number of carbonyl (C=O) groups excluding carboxylic acids is 1. The van der Waals surface area contributed by atoms with E-state index in [0.717, 1.165) is 24.3 Å². The molecule has 0 unspecified atom stereocenters. The first-order valence-electron chi connectivity index (χ1n) is 9.02. The van der Waals surface area contributed by atoms with Crippen LogP contribution in [0.5, 0.6) is 5.75 Å². The van der Waals surface area contributed by atoms with Crippen molar-refractivity contribution in [1.29, 1.82) is 0 Å². The van der Waals surface area contributed by atoms with Crippen molar-refractivity contribution < 1.29 is 9.53 Å². The Labute approximate surface area is 183 Å². The lowest BCUT2D eigenvalue weighted by atomic mass is 10.3. The van der Waals surface area contributed by atoms with E-state index in [1.165, 1.54) is 0 Å². The molecule has 0 bridgehead atoms. The maximum absolute atomic E-state index is 11.9. The highest BCUT2D eigenvalue weighted by Crippen LogP contribution is 2.08. The third kappa shape index (κ3) is 9.54. The maximum atomic E-state index is 11.9. The molecule has 0 saturated heterocycles. The van der Waals surface area contributed by atoms with Crippen molar-refractivity contribution in [1.82, 2.24) is 15.6 Å². The number of aromatic nitrogens is 1. The lowest BCUT2D eigenvalue weighted by molar-refractivity contribution is -0.116. The number of halogens is 1. The molecule has 0 radical (unpaired) electrons. The third-order valence-electron chi connectivity index (χ3n) is 3.67. The van der Waals surface area contributed by atoms with Crippen LogP contribution in [0.3, 0.4) is 0 Å². The quantitative estimate of drug-likeness (QED) is 0.215. The van der Waals surface area contributed by atoms with Crippen molar-refractivity contribution in [2.45, 2.75) is 19.8 Å². The van der Waals surface area contributed by atoms with Crippen LogP contribution in [0.25, 0.3) is 0 Å². The highest BCUT2D eigenvalue weighted by atomic mass is 127. The number of guanidine groups is 1. The Kier molecular flexibility index (Phi) is 11.6. The number of hydrogen-bond donors (Lipinski definition) is 3. The number of nitrogens with one attached hydrogen (secondary N) is 3. The predicted molar refractivity (Wildman–Crippen MR) is 124 cm³/mol. The van der Waals surface area contributed by atoms with Gasteiger partial charge in [-0.1, -0.05) is 24.3 Å². The Balaban J connectivity index is 0.00000392. The summed E-state index contributed by atoms with van der Waals surface area (Å²) in [6, 6.07) is 13.4. The summed E-state index contributed by atoms with van der Waals surface area (Å²) in [6.45, 7) is 3.79. The molecule has 0 aliphatic rings. The molecule has 0 aliphatic heterocycles. The van der Waals surface area contributed by atoms with Crippen molar-refractivity contribution in [3.8, 4) is 5.75 Å². The van der Waals surface area contributed by atoms with Crippen LogP contribution in [-0.4, -0.2) is 43.6 Å². The number of amides is 1. The summed E-state index contributed by atoms with van der Waals surface area (Å²) in [7, 11) is 1.70. The molecule has 2 aromatic rings. The highest BCUT2D eigenvalue weighted by molar-refractivity contribution is 14.0. The second kappa shape index (κ2) is 13.8. The first kappa shape index (κ1) is 23.7. The number of hydrogen-bond acceptors (Lipinski definition) is 4. The van der Waals surface area contributed by atoms with Gasteiger partial charge in [0.1, 0.15) is 11.6 Å². The second-order valence-corrected chi connectivity index (χ2v) is 5.96. The monoisotopic (exact) mass is 497 g/mol. The van der Waals surface area contributed by atoms with E-state index in [-0.39, 0.29) is 29.9 Å². The first-order valence-corrected chi connectivity index (χ1v) is 9.02. The number of para-hydroxylation sites is 1. The van der Waals surface area contributed by atoms with E-state index in [2.05, 4.69) is 25.9 Å². The SMILES string of the molecule is CN=C(NCCCOc1ccccc1)NCCC(=O)Nc1ccc(C)cn1.I. The smallest absolute Gasteiger partial charge is 0.227 e. The number of carbonyl (C=O) groups is 1. The topological polar surface area (TPSA) is 87.6 Å². The van der Waals surface area contributed by atoms with Gasteiger partial charge in [-0.3, -0.25) is 9.79 Å². The van der Waals surface area contributed by atoms with Crippen LogP contribution < -0.4 is 20.7 Å². The molecule has 0 saturated carbocycles. The Morgan fingerprint density at radius 3 is 2.54 bits per heavy atom. The molecule has 0 aliphatic carbocycles. The number of ether oxygens (including phenoxy) is 1. The number of nitrogens with zero attached hydrogens (tertiary/aromatic N) is 2. The van der Waals surface area contributed by atoms with Crippen molar-refractivity contribution in [3.05, 3.63) is 54.2 Å². The predicted octanol–water partition coefficient (Wildman–Crippen LogP) is 2.97. The zero-order valence-corrected chi connectivity index (χ0v) is 18.6. The number of anilines is 1. The molecule has 0 atom stereocenters. The van der Waals surface area contributed by atoms with E-state index < -0.39 is 0 Å². The summed E-state index contributed by atoms with van der Waals surface area (Å²) in [4.78, 5) is 20.2. The van der Waals surface area contributed by atoms with Crippen molar-refractivity contribution in [2.75, 3.05) is 32.1 Å². The summed E-state index contributed by atoms with van der Waals surface area (Å²) in [6.07, 6.45) is 2.89. The fourth-order valence-electron chi connectivity index (χ4n) is 2.25. The second-order valence-electron chi connectivity index (χ2n) is 5.96. The molecule has 0 fully saturated rings. The number of pyridine rings is 1. The highest BCUT2D eigenvalue weighted by Gasteiger charge is 2.04. The lowest BCUT2D eigenvalue weighted by Gasteiger charge is -2.12. The zero-order valence-electron chi connectivity index (χ0n) is 16.3. The number of aryl methyl sites for hydroxylation is 1. The number of aliphatic imine (C=N–C) groups is 1. The zero-order chi connectivity index (χ0) is 19.3. The molecular formula is C20H28IN5O2. The molecule has 28 heavy (non-hydrogen) atoms. The van der Waals surface area contributed by atoms with Crippen LogP contribution in [-0.2, 0) is 4.79 Å². The van der Waals surface area contributed by atoms with Gasteiger partial charge in [0.05, 0.1) is 6.61 Å². The Morgan fingerprint density at radius 2 is 1.86 bits per heavy atom. The van der Waals surface area contributed by atoms with Crippen LogP contribution >= 0.6 is 24.0 Å². The van der Waals surface area contributed by atoms with E-state index in [4.69, 9.17) is 4.74 Å². The summed E-state index contributed by atoms with van der Waals surface area (Å²) < 4.78 is 5.64. The Bertz CT molecular complexity index is 723. The van der Waals surface area contributed by atoms with Gasteiger partial charge in [0, 0.05) is 32.8 Å². The normalized spacial score (nSPS) is 10.6. The van der Waals surface area contributed by atoms with Crippen molar-refractivity contribution >= 4 is 41.7 Å². The molecular weight excluding hydrogens is 469 g/mol. The lowest BCUT2D eigenvalue weighted by Crippen LogP contribution is -2.39. The largest absolute Gasteiger partial charge is 0.494 e. The van der Waals surface area contributed by atoms with Gasteiger partial charge < -0.3 is 20.7 Å². The standard InChI is InChI=1S/C20H27N5O2.HI/c1-16-9-10-18(24-15-16)25-19(26)11-13-23-20(21-2)22-12-6-14-27-17-7-4-3-5-8-17;/h3-5,7-10,15H,6,11-14H2,1-2H3,(H2,21,22,23)(H,24,25,26);1H. The number of rotatable bonds is 9. The van der Waals surface area contributed by atoms with Gasteiger partial charge in [-0.2, -0.15) is 0 Å². The molecule has 1 heterocycles. The molecule has 1 aromatic heterocycles. The fraction of sp³-hybridized carbons (Fsp3) is 0.350. The molecule has 0 spiro atoms. The van der Waals surface area contributed by atoms with Crippen molar-refractivity contribution in [3.63, 3.8) is 0 Å². The van der Waals surface area contributed by atoms with Gasteiger partial charge in [-0.05, 0) is 37.1 Å². The molecule has 3 N–H and O–H groups in total. The van der Waals surface area contributed by atoms with E-state index in [1.54, 1.807) is 19.3 Å². The summed E-state index contributed by atoms with van der Waals surface area (Å²) in [5.74, 6) is 2.00. The molecule has 1 amide bonds. The van der Waals surface area contributed by atoms with Gasteiger partial charge in [-0.15, -0.1) is 24.0 Å².